The van der Waals surface area contributed by atoms with Crippen LogP contribution in [0.2, 0.25) is 0 Å². The molecule has 0 bridgehead atoms. The standard InChI is InChI=1S/C13H22N4/c1-9-7-8-17-13(11(9)14)15-12(16-17)10-5-3-2-4-6-10/h9-11H,2-8,14H2,1H3. The fraction of sp³-hybridized carbons (Fsp3) is 0.846. The van der Waals surface area contributed by atoms with Crippen LogP contribution < -0.4 is 5.73 Å². The molecule has 4 nitrogen and oxygen atoms in total. The first kappa shape index (κ1) is 11.2. The molecule has 2 unspecified atom stereocenters. The maximum atomic E-state index is 6.21. The summed E-state index contributed by atoms with van der Waals surface area (Å²) in [5.41, 5.74) is 6.21. The highest BCUT2D eigenvalue weighted by atomic mass is 15.4. The third-order valence-corrected chi connectivity index (χ3v) is 4.39. The van der Waals surface area contributed by atoms with Gasteiger partial charge in [0.2, 0.25) is 0 Å². The first-order chi connectivity index (χ1) is 8.25. The molecule has 2 atom stereocenters. The number of nitrogens with zero attached hydrogens (tertiary/aromatic N) is 3. The SMILES string of the molecule is CC1CCn2nc(C3CCCCC3)nc2C1N. The maximum absolute atomic E-state index is 6.21. The molecule has 0 amide bonds. The number of hydrogen-bond acceptors (Lipinski definition) is 3. The molecule has 2 heterocycles. The molecule has 4 heteroatoms. The summed E-state index contributed by atoms with van der Waals surface area (Å²) in [7, 11) is 0. The van der Waals surface area contributed by atoms with Gasteiger partial charge >= 0.3 is 0 Å². The summed E-state index contributed by atoms with van der Waals surface area (Å²) in [6.45, 7) is 3.20. The van der Waals surface area contributed by atoms with Crippen molar-refractivity contribution in [1.29, 1.82) is 0 Å². The summed E-state index contributed by atoms with van der Waals surface area (Å²) in [6.07, 6.45) is 7.68. The third-order valence-electron chi connectivity index (χ3n) is 4.39. The second kappa shape index (κ2) is 4.41. The monoisotopic (exact) mass is 234 g/mol. The Morgan fingerprint density at radius 2 is 1.94 bits per heavy atom. The number of aryl methyl sites for hydroxylation is 1. The molecule has 1 aliphatic heterocycles. The molecule has 0 spiro atoms. The van der Waals surface area contributed by atoms with Crippen molar-refractivity contribution in [3.05, 3.63) is 11.6 Å². The minimum absolute atomic E-state index is 0.0774. The first-order valence-corrected chi connectivity index (χ1v) is 6.96. The second-order valence-corrected chi connectivity index (χ2v) is 5.68. The first-order valence-electron chi connectivity index (χ1n) is 6.96. The summed E-state index contributed by atoms with van der Waals surface area (Å²) in [5, 5.41) is 4.68. The van der Waals surface area contributed by atoms with Crippen molar-refractivity contribution in [3.8, 4) is 0 Å². The molecule has 2 N–H and O–H groups in total. The highest BCUT2D eigenvalue weighted by Crippen LogP contribution is 2.33. The zero-order chi connectivity index (χ0) is 11.8. The zero-order valence-electron chi connectivity index (χ0n) is 10.6. The van der Waals surface area contributed by atoms with Crippen molar-refractivity contribution >= 4 is 0 Å². The number of rotatable bonds is 1. The minimum Gasteiger partial charge on any atom is -0.321 e. The van der Waals surface area contributed by atoms with Gasteiger partial charge in [0.1, 0.15) is 5.82 Å². The van der Waals surface area contributed by atoms with Crippen LogP contribution in [0.15, 0.2) is 0 Å². The van der Waals surface area contributed by atoms with Crippen LogP contribution in [-0.4, -0.2) is 14.8 Å². The summed E-state index contributed by atoms with van der Waals surface area (Å²) < 4.78 is 2.05. The number of hydrogen-bond donors (Lipinski definition) is 1. The van der Waals surface area contributed by atoms with E-state index in [1.165, 1.54) is 32.1 Å². The molecule has 1 aliphatic carbocycles. The van der Waals surface area contributed by atoms with Crippen LogP contribution in [0.25, 0.3) is 0 Å². The predicted octanol–water partition coefficient (Wildman–Crippen LogP) is 2.37. The lowest BCUT2D eigenvalue weighted by Gasteiger charge is -2.24. The maximum Gasteiger partial charge on any atom is 0.154 e. The van der Waals surface area contributed by atoms with E-state index in [9.17, 15) is 0 Å². The van der Waals surface area contributed by atoms with Crippen LogP contribution in [0.5, 0.6) is 0 Å². The van der Waals surface area contributed by atoms with Crippen LogP contribution in [0.4, 0.5) is 0 Å². The van der Waals surface area contributed by atoms with Crippen molar-refractivity contribution in [1.82, 2.24) is 14.8 Å². The van der Waals surface area contributed by atoms with Gasteiger partial charge in [0.25, 0.3) is 0 Å². The molecular weight excluding hydrogens is 212 g/mol. The van der Waals surface area contributed by atoms with E-state index in [4.69, 9.17) is 10.7 Å². The smallest absolute Gasteiger partial charge is 0.154 e. The van der Waals surface area contributed by atoms with Gasteiger partial charge in [0.15, 0.2) is 5.82 Å². The molecule has 1 saturated carbocycles. The van der Waals surface area contributed by atoms with Crippen LogP contribution in [0, 0.1) is 5.92 Å². The van der Waals surface area contributed by atoms with Crippen LogP contribution in [-0.2, 0) is 6.54 Å². The largest absolute Gasteiger partial charge is 0.321 e. The Kier molecular flexibility index (Phi) is 2.90. The van der Waals surface area contributed by atoms with Crippen molar-refractivity contribution in [2.24, 2.45) is 11.7 Å². The minimum atomic E-state index is 0.0774. The van der Waals surface area contributed by atoms with Gasteiger partial charge in [-0.25, -0.2) is 9.67 Å². The molecule has 0 saturated heterocycles. The lowest BCUT2D eigenvalue weighted by Crippen LogP contribution is -2.29. The van der Waals surface area contributed by atoms with Gasteiger partial charge in [-0.2, -0.15) is 5.10 Å². The van der Waals surface area contributed by atoms with Gasteiger partial charge in [0, 0.05) is 12.5 Å². The Labute approximate surface area is 103 Å². The highest BCUT2D eigenvalue weighted by molar-refractivity contribution is 5.06. The van der Waals surface area contributed by atoms with Gasteiger partial charge in [-0.15, -0.1) is 0 Å². The number of fused-ring (bicyclic) bond motifs is 1. The molecule has 1 fully saturated rings. The van der Waals surface area contributed by atoms with Gasteiger partial charge in [-0.3, -0.25) is 0 Å². The Morgan fingerprint density at radius 1 is 1.18 bits per heavy atom. The number of nitrogens with two attached hydrogens (primary N) is 1. The van der Waals surface area contributed by atoms with E-state index >= 15 is 0 Å². The van der Waals surface area contributed by atoms with E-state index in [2.05, 4.69) is 16.7 Å². The summed E-state index contributed by atoms with van der Waals surface area (Å²) in [5.74, 6) is 3.20. The summed E-state index contributed by atoms with van der Waals surface area (Å²) in [6, 6.07) is 0.0774. The Morgan fingerprint density at radius 3 is 2.71 bits per heavy atom. The molecule has 3 rings (SSSR count). The average molecular weight is 234 g/mol. The van der Waals surface area contributed by atoms with Crippen LogP contribution >= 0.6 is 0 Å². The van der Waals surface area contributed by atoms with Crippen LogP contribution in [0.1, 0.15) is 69.1 Å². The van der Waals surface area contributed by atoms with Crippen molar-refractivity contribution in [2.75, 3.05) is 0 Å². The predicted molar refractivity (Wildman–Crippen MR) is 66.6 cm³/mol. The lowest BCUT2D eigenvalue weighted by atomic mass is 9.89. The molecule has 1 aromatic rings. The van der Waals surface area contributed by atoms with E-state index in [0.717, 1.165) is 24.6 Å². The zero-order valence-corrected chi connectivity index (χ0v) is 10.6. The fourth-order valence-corrected chi connectivity index (χ4v) is 3.08. The van der Waals surface area contributed by atoms with Crippen molar-refractivity contribution < 1.29 is 0 Å². The van der Waals surface area contributed by atoms with E-state index in [1.807, 2.05) is 0 Å². The Balaban J connectivity index is 1.85. The van der Waals surface area contributed by atoms with Crippen molar-refractivity contribution in [3.63, 3.8) is 0 Å². The van der Waals surface area contributed by atoms with Gasteiger partial charge in [-0.1, -0.05) is 26.2 Å². The second-order valence-electron chi connectivity index (χ2n) is 5.68. The molecule has 94 valence electrons. The van der Waals surface area contributed by atoms with E-state index in [-0.39, 0.29) is 6.04 Å². The number of aromatic nitrogens is 3. The molecule has 0 radical (unpaired) electrons. The average Bonchev–Trinajstić information content (AvgIpc) is 2.80. The fourth-order valence-electron chi connectivity index (χ4n) is 3.08. The van der Waals surface area contributed by atoms with E-state index < -0.39 is 0 Å². The molecular formula is C13H22N4. The van der Waals surface area contributed by atoms with Crippen LogP contribution in [0.3, 0.4) is 0 Å². The molecule has 2 aliphatic rings. The van der Waals surface area contributed by atoms with E-state index in [0.29, 0.717) is 11.8 Å². The van der Waals surface area contributed by atoms with Gasteiger partial charge in [0.05, 0.1) is 6.04 Å². The van der Waals surface area contributed by atoms with E-state index in [1.54, 1.807) is 0 Å². The van der Waals surface area contributed by atoms with Gasteiger partial charge in [-0.05, 0) is 25.2 Å². The Hall–Kier alpha value is -0.900. The molecule has 17 heavy (non-hydrogen) atoms. The van der Waals surface area contributed by atoms with Crippen molar-refractivity contribution in [2.45, 2.75) is 64.0 Å². The molecule has 0 aromatic carbocycles. The summed E-state index contributed by atoms with van der Waals surface area (Å²) in [4.78, 5) is 4.73. The quantitative estimate of drug-likeness (QED) is 0.811. The third kappa shape index (κ3) is 1.99. The topological polar surface area (TPSA) is 56.7 Å². The normalized spacial score (nSPS) is 30.2. The lowest BCUT2D eigenvalue weighted by molar-refractivity contribution is 0.322. The highest BCUT2D eigenvalue weighted by Gasteiger charge is 2.29. The molecule has 1 aromatic heterocycles. The summed E-state index contributed by atoms with van der Waals surface area (Å²) >= 11 is 0. The Bertz CT molecular complexity index is 392. The van der Waals surface area contributed by atoms with Gasteiger partial charge < -0.3 is 5.73 Å².